The van der Waals surface area contributed by atoms with Gasteiger partial charge in [-0.15, -0.1) is 0 Å². The number of aromatic nitrogens is 1. The molecule has 1 saturated heterocycles. The van der Waals surface area contributed by atoms with Gasteiger partial charge in [-0.25, -0.2) is 15.1 Å². The Morgan fingerprint density at radius 1 is 1.26 bits per heavy atom. The topological polar surface area (TPSA) is 84.1 Å². The van der Waals surface area contributed by atoms with E-state index in [9.17, 15) is 23.3 Å². The van der Waals surface area contributed by atoms with Gasteiger partial charge in [0.1, 0.15) is 16.0 Å². The molecule has 0 radical (unpaired) electrons. The number of ether oxygens (including phenoxy) is 1. The smallest absolute Gasteiger partial charge is 0.422 e. The van der Waals surface area contributed by atoms with Crippen LogP contribution in [0.1, 0.15) is 11.1 Å². The summed E-state index contributed by atoms with van der Waals surface area (Å²) in [5.41, 5.74) is 1.77. The number of halogens is 4. The van der Waals surface area contributed by atoms with Crippen LogP contribution in [-0.2, 0) is 6.54 Å². The molecule has 0 spiro atoms. The molecule has 2 aromatic rings. The van der Waals surface area contributed by atoms with Gasteiger partial charge in [0.05, 0.1) is 0 Å². The van der Waals surface area contributed by atoms with Crippen molar-refractivity contribution < 1.29 is 22.9 Å². The van der Waals surface area contributed by atoms with E-state index in [0.29, 0.717) is 36.0 Å². The van der Waals surface area contributed by atoms with Crippen molar-refractivity contribution in [3.8, 4) is 5.75 Å². The molecule has 0 N–H and O–H groups in total. The number of nitrogens with zero attached hydrogens (tertiary/aromatic N) is 5. The molecule has 1 aromatic carbocycles. The number of benzene rings is 1. The Labute approximate surface area is 180 Å². The normalized spacial score (nSPS) is 15.4. The number of hydrogen-bond acceptors (Lipinski definition) is 4. The van der Waals surface area contributed by atoms with Crippen LogP contribution in [0, 0.1) is 10.1 Å². The quantitative estimate of drug-likeness (QED) is 0.356. The lowest BCUT2D eigenvalue weighted by Crippen LogP contribution is -2.33. The zero-order valence-electron chi connectivity index (χ0n) is 16.0. The molecule has 0 bridgehead atoms. The third-order valence-corrected chi connectivity index (χ3v) is 4.59. The fourth-order valence-electron chi connectivity index (χ4n) is 2.97. The average molecular weight is 456 g/mol. The highest BCUT2D eigenvalue weighted by Crippen LogP contribution is 2.26. The van der Waals surface area contributed by atoms with Crippen LogP contribution in [0.25, 0.3) is 5.70 Å². The number of hydrogen-bond donors (Lipinski definition) is 0. The van der Waals surface area contributed by atoms with Gasteiger partial charge in [0.2, 0.25) is 0 Å². The first kappa shape index (κ1) is 22.3. The van der Waals surface area contributed by atoms with Crippen LogP contribution in [0.3, 0.4) is 0 Å². The average Bonchev–Trinajstić information content (AvgIpc) is 3.09. The van der Waals surface area contributed by atoms with Gasteiger partial charge in [-0.2, -0.15) is 13.2 Å². The molecule has 0 atom stereocenters. The summed E-state index contributed by atoms with van der Waals surface area (Å²) in [7, 11) is 0. The predicted molar refractivity (Wildman–Crippen MR) is 108 cm³/mol. The highest BCUT2D eigenvalue weighted by Gasteiger charge is 2.32. The third-order valence-electron chi connectivity index (χ3n) is 4.37. The van der Waals surface area contributed by atoms with Crippen LogP contribution in [-0.4, -0.2) is 51.6 Å². The molecule has 1 aliphatic rings. The number of guanidine groups is 1. The minimum absolute atomic E-state index is 0.0475. The highest BCUT2D eigenvalue weighted by molar-refractivity contribution is 6.29. The minimum atomic E-state index is -4.44. The van der Waals surface area contributed by atoms with Gasteiger partial charge in [0.15, 0.2) is 11.6 Å². The lowest BCUT2D eigenvalue weighted by atomic mass is 10.1. The van der Waals surface area contributed by atoms with Crippen molar-refractivity contribution in [3.05, 3.63) is 75.6 Å². The molecular formula is C19H17ClF3N5O3. The fraction of sp³-hybridized carbons (Fsp3) is 0.263. The van der Waals surface area contributed by atoms with E-state index in [1.807, 2.05) is 0 Å². The summed E-state index contributed by atoms with van der Waals surface area (Å²) in [6.45, 7) is 3.74. The van der Waals surface area contributed by atoms with Crippen LogP contribution < -0.4 is 4.74 Å². The van der Waals surface area contributed by atoms with E-state index in [4.69, 9.17) is 16.3 Å². The van der Waals surface area contributed by atoms with Crippen LogP contribution in [0.5, 0.6) is 5.75 Å². The van der Waals surface area contributed by atoms with Gasteiger partial charge in [0, 0.05) is 31.5 Å². The van der Waals surface area contributed by atoms with Crippen molar-refractivity contribution in [2.45, 2.75) is 12.7 Å². The lowest BCUT2D eigenvalue weighted by molar-refractivity contribution is -0.486. The molecule has 8 nitrogen and oxygen atoms in total. The first-order chi connectivity index (χ1) is 14.6. The van der Waals surface area contributed by atoms with Crippen molar-refractivity contribution in [2.75, 3.05) is 19.7 Å². The predicted octanol–water partition coefficient (Wildman–Crippen LogP) is 4.01. The molecule has 164 valence electrons. The summed E-state index contributed by atoms with van der Waals surface area (Å²) < 4.78 is 41.5. The van der Waals surface area contributed by atoms with Gasteiger partial charge in [0.25, 0.3) is 5.96 Å². The summed E-state index contributed by atoms with van der Waals surface area (Å²) in [5.74, 6) is 0.147. The van der Waals surface area contributed by atoms with Crippen LogP contribution in [0.2, 0.25) is 5.15 Å². The van der Waals surface area contributed by atoms with E-state index < -0.39 is 17.8 Å². The molecule has 1 aliphatic heterocycles. The summed E-state index contributed by atoms with van der Waals surface area (Å²) in [4.78, 5) is 18.4. The first-order valence-electron chi connectivity index (χ1n) is 8.97. The molecule has 1 aromatic heterocycles. The molecule has 1 fully saturated rings. The Morgan fingerprint density at radius 2 is 1.97 bits per heavy atom. The third kappa shape index (κ3) is 6.07. The molecule has 0 aliphatic carbocycles. The van der Waals surface area contributed by atoms with Gasteiger partial charge in [-0.1, -0.05) is 24.2 Å². The lowest BCUT2D eigenvalue weighted by Gasteiger charge is -2.22. The molecule has 12 heteroatoms. The van der Waals surface area contributed by atoms with Crippen LogP contribution >= 0.6 is 11.6 Å². The summed E-state index contributed by atoms with van der Waals surface area (Å²) in [6, 6.07) is 9.20. The Hall–Kier alpha value is -3.34. The Morgan fingerprint density at radius 3 is 2.55 bits per heavy atom. The van der Waals surface area contributed by atoms with Gasteiger partial charge < -0.3 is 14.5 Å². The van der Waals surface area contributed by atoms with E-state index in [0.717, 1.165) is 5.56 Å². The minimum Gasteiger partial charge on any atom is -0.484 e. The second-order valence-electron chi connectivity index (χ2n) is 6.58. The molecule has 0 unspecified atom stereocenters. The second-order valence-corrected chi connectivity index (χ2v) is 6.96. The van der Waals surface area contributed by atoms with Crippen molar-refractivity contribution >= 4 is 23.3 Å². The standard InChI is InChI=1S/C19H17ClF3N5O3/c1-13(15-3-5-16(6-4-15)31-12-19(21,22)23)27-9-8-26(18(27)25-28(29)30)11-14-2-7-17(20)24-10-14/h2-7,10H,1,8-9,11-12H2. The Balaban J connectivity index is 1.75. The van der Waals surface area contributed by atoms with Crippen LogP contribution in [0.4, 0.5) is 13.2 Å². The zero-order valence-corrected chi connectivity index (χ0v) is 16.8. The van der Waals surface area contributed by atoms with Crippen LogP contribution in [0.15, 0.2) is 54.3 Å². The van der Waals surface area contributed by atoms with Crippen molar-refractivity contribution in [3.63, 3.8) is 0 Å². The van der Waals surface area contributed by atoms with Crippen molar-refractivity contribution in [1.29, 1.82) is 0 Å². The van der Waals surface area contributed by atoms with Crippen molar-refractivity contribution in [1.82, 2.24) is 14.8 Å². The molecular weight excluding hydrogens is 439 g/mol. The summed E-state index contributed by atoms with van der Waals surface area (Å²) in [5, 5.41) is 14.1. The molecule has 0 saturated carbocycles. The maximum atomic E-state index is 12.3. The maximum absolute atomic E-state index is 12.3. The number of pyridine rings is 1. The number of alkyl halides is 3. The summed E-state index contributed by atoms with van der Waals surface area (Å²) in [6.07, 6.45) is -2.86. The Bertz CT molecular complexity index is 981. The fourth-order valence-corrected chi connectivity index (χ4v) is 3.08. The maximum Gasteiger partial charge on any atom is 0.422 e. The summed E-state index contributed by atoms with van der Waals surface area (Å²) >= 11 is 5.79. The van der Waals surface area contributed by atoms with Crippen molar-refractivity contribution in [2.24, 2.45) is 5.10 Å². The number of nitro groups is 1. The van der Waals surface area contributed by atoms with E-state index in [-0.39, 0.29) is 11.7 Å². The van der Waals surface area contributed by atoms with Gasteiger partial charge >= 0.3 is 6.18 Å². The largest absolute Gasteiger partial charge is 0.484 e. The van der Waals surface area contributed by atoms with E-state index in [2.05, 4.69) is 16.7 Å². The number of hydrazone groups is 1. The molecule has 3 rings (SSSR count). The SMILES string of the molecule is C=C(c1ccc(OCC(F)(F)F)cc1)N1CCN(Cc2ccc(Cl)nc2)C1=N[N+](=O)[O-]. The highest BCUT2D eigenvalue weighted by atomic mass is 35.5. The Kier molecular flexibility index (Phi) is 6.64. The molecule has 2 heterocycles. The van der Waals surface area contributed by atoms with E-state index in [1.165, 1.54) is 24.3 Å². The monoisotopic (exact) mass is 455 g/mol. The molecule has 31 heavy (non-hydrogen) atoms. The van der Waals surface area contributed by atoms with Gasteiger partial charge in [-0.3, -0.25) is 0 Å². The number of rotatable bonds is 7. The van der Waals surface area contributed by atoms with E-state index >= 15 is 0 Å². The second kappa shape index (κ2) is 9.21. The van der Waals surface area contributed by atoms with Gasteiger partial charge in [-0.05, 0) is 41.5 Å². The first-order valence-corrected chi connectivity index (χ1v) is 9.35. The molecule has 0 amide bonds. The van der Waals surface area contributed by atoms with E-state index in [1.54, 1.807) is 28.1 Å². The zero-order chi connectivity index (χ0) is 22.6.